The zero-order valence-electron chi connectivity index (χ0n) is 11.8. The fourth-order valence-corrected chi connectivity index (χ4v) is 1.95. The molecule has 0 bridgehead atoms. The first-order valence-electron chi connectivity index (χ1n) is 6.74. The predicted octanol–water partition coefficient (Wildman–Crippen LogP) is 4.88. The lowest BCUT2D eigenvalue weighted by molar-refractivity contribution is 0.482. The van der Waals surface area contributed by atoms with Crippen LogP contribution in [0.4, 0.5) is 5.69 Å². The number of aryl methyl sites for hydroxylation is 1. The molecular weight excluding hydrogens is 234 g/mol. The van der Waals surface area contributed by atoms with Gasteiger partial charge in [-0.3, -0.25) is 0 Å². The van der Waals surface area contributed by atoms with Crippen LogP contribution in [0.2, 0.25) is 0 Å². The van der Waals surface area contributed by atoms with Crippen LogP contribution >= 0.6 is 0 Å². The van der Waals surface area contributed by atoms with E-state index in [2.05, 4.69) is 26.0 Å². The monoisotopic (exact) mass is 255 g/mol. The van der Waals surface area contributed by atoms with Gasteiger partial charge in [0.15, 0.2) is 0 Å². The van der Waals surface area contributed by atoms with Crippen molar-refractivity contribution in [2.24, 2.45) is 0 Å². The SMILES string of the molecule is CC[C@@H](C)c1ccc(Oc2ccc(N)c(C)c2)cc1. The predicted molar refractivity (Wildman–Crippen MR) is 80.8 cm³/mol. The van der Waals surface area contributed by atoms with E-state index in [0.717, 1.165) is 29.2 Å². The van der Waals surface area contributed by atoms with Crippen LogP contribution in [0.15, 0.2) is 42.5 Å². The summed E-state index contributed by atoms with van der Waals surface area (Å²) in [6, 6.07) is 14.0. The summed E-state index contributed by atoms with van der Waals surface area (Å²) < 4.78 is 5.83. The van der Waals surface area contributed by atoms with E-state index in [4.69, 9.17) is 10.5 Å². The van der Waals surface area contributed by atoms with Crippen LogP contribution in [-0.2, 0) is 0 Å². The summed E-state index contributed by atoms with van der Waals surface area (Å²) in [5.74, 6) is 2.27. The van der Waals surface area contributed by atoms with Crippen molar-refractivity contribution in [2.75, 3.05) is 5.73 Å². The minimum Gasteiger partial charge on any atom is -0.457 e. The summed E-state index contributed by atoms with van der Waals surface area (Å²) in [7, 11) is 0. The number of hydrogen-bond donors (Lipinski definition) is 1. The Labute approximate surface area is 115 Å². The normalized spacial score (nSPS) is 12.2. The molecule has 2 N–H and O–H groups in total. The number of rotatable bonds is 4. The minimum atomic E-state index is 0.591. The maximum absolute atomic E-state index is 5.83. The quantitative estimate of drug-likeness (QED) is 0.790. The highest BCUT2D eigenvalue weighted by molar-refractivity contribution is 5.50. The molecule has 0 amide bonds. The van der Waals surface area contributed by atoms with Crippen LogP contribution < -0.4 is 10.5 Å². The standard InChI is InChI=1S/C17H21NO/c1-4-12(2)14-5-7-15(8-6-14)19-16-9-10-17(18)13(3)11-16/h5-12H,4,18H2,1-3H3/t12-/m1/s1. The Hall–Kier alpha value is -1.96. The Morgan fingerprint density at radius 2 is 1.68 bits per heavy atom. The molecule has 0 fully saturated rings. The zero-order chi connectivity index (χ0) is 13.8. The Morgan fingerprint density at radius 1 is 1.05 bits per heavy atom. The third kappa shape index (κ3) is 3.28. The number of nitrogen functional groups attached to an aromatic ring is 1. The van der Waals surface area contributed by atoms with Crippen LogP contribution in [0.1, 0.15) is 37.3 Å². The van der Waals surface area contributed by atoms with Gasteiger partial charge in [-0.25, -0.2) is 0 Å². The maximum atomic E-state index is 5.83. The zero-order valence-corrected chi connectivity index (χ0v) is 11.8. The highest BCUT2D eigenvalue weighted by Gasteiger charge is 2.04. The molecule has 0 spiro atoms. The first-order chi connectivity index (χ1) is 9.10. The van der Waals surface area contributed by atoms with E-state index in [9.17, 15) is 0 Å². The van der Waals surface area contributed by atoms with Gasteiger partial charge in [-0.15, -0.1) is 0 Å². The van der Waals surface area contributed by atoms with E-state index in [-0.39, 0.29) is 0 Å². The van der Waals surface area contributed by atoms with Crippen molar-refractivity contribution in [3.63, 3.8) is 0 Å². The van der Waals surface area contributed by atoms with Crippen LogP contribution in [0.25, 0.3) is 0 Å². The molecule has 2 aromatic rings. The molecule has 0 radical (unpaired) electrons. The number of nitrogens with two attached hydrogens (primary N) is 1. The van der Waals surface area contributed by atoms with Crippen molar-refractivity contribution in [3.05, 3.63) is 53.6 Å². The van der Waals surface area contributed by atoms with Crippen molar-refractivity contribution in [1.29, 1.82) is 0 Å². The van der Waals surface area contributed by atoms with Gasteiger partial charge in [0, 0.05) is 5.69 Å². The van der Waals surface area contributed by atoms with E-state index in [1.165, 1.54) is 5.56 Å². The lowest BCUT2D eigenvalue weighted by atomic mass is 9.99. The minimum absolute atomic E-state index is 0.591. The number of benzene rings is 2. The molecule has 2 aromatic carbocycles. The van der Waals surface area contributed by atoms with Gasteiger partial charge < -0.3 is 10.5 Å². The molecule has 0 unspecified atom stereocenters. The van der Waals surface area contributed by atoms with Crippen LogP contribution in [0.5, 0.6) is 11.5 Å². The number of hydrogen-bond acceptors (Lipinski definition) is 2. The van der Waals surface area contributed by atoms with Gasteiger partial charge >= 0.3 is 0 Å². The molecule has 2 nitrogen and oxygen atoms in total. The van der Waals surface area contributed by atoms with E-state index in [0.29, 0.717) is 5.92 Å². The smallest absolute Gasteiger partial charge is 0.127 e. The van der Waals surface area contributed by atoms with Crippen LogP contribution in [0.3, 0.4) is 0 Å². The second-order valence-corrected chi connectivity index (χ2v) is 5.00. The molecular formula is C17H21NO. The van der Waals surface area contributed by atoms with E-state index in [1.54, 1.807) is 0 Å². The van der Waals surface area contributed by atoms with Gasteiger partial charge in [0.1, 0.15) is 11.5 Å². The van der Waals surface area contributed by atoms with Gasteiger partial charge in [-0.05, 0) is 60.7 Å². The molecule has 0 aromatic heterocycles. The molecule has 19 heavy (non-hydrogen) atoms. The average Bonchev–Trinajstić information content (AvgIpc) is 2.43. The fourth-order valence-electron chi connectivity index (χ4n) is 1.95. The molecule has 0 heterocycles. The van der Waals surface area contributed by atoms with Crippen molar-refractivity contribution in [1.82, 2.24) is 0 Å². The second kappa shape index (κ2) is 5.79. The summed E-state index contributed by atoms with van der Waals surface area (Å²) in [5.41, 5.74) is 8.97. The van der Waals surface area contributed by atoms with Crippen LogP contribution in [0, 0.1) is 6.92 Å². The highest BCUT2D eigenvalue weighted by atomic mass is 16.5. The average molecular weight is 255 g/mol. The van der Waals surface area contributed by atoms with E-state index in [1.807, 2.05) is 37.3 Å². The van der Waals surface area contributed by atoms with Crippen molar-refractivity contribution in [3.8, 4) is 11.5 Å². The summed E-state index contributed by atoms with van der Waals surface area (Å²) in [5, 5.41) is 0. The van der Waals surface area contributed by atoms with E-state index >= 15 is 0 Å². The third-order valence-electron chi connectivity index (χ3n) is 3.54. The maximum Gasteiger partial charge on any atom is 0.127 e. The lowest BCUT2D eigenvalue weighted by Crippen LogP contribution is -1.92. The Balaban J connectivity index is 2.12. The Kier molecular flexibility index (Phi) is 4.10. The summed E-state index contributed by atoms with van der Waals surface area (Å²) in [6.45, 7) is 6.42. The van der Waals surface area contributed by atoms with Crippen molar-refractivity contribution < 1.29 is 4.74 Å². The highest BCUT2D eigenvalue weighted by Crippen LogP contribution is 2.27. The van der Waals surface area contributed by atoms with Gasteiger partial charge in [0.25, 0.3) is 0 Å². The number of ether oxygens (including phenoxy) is 1. The summed E-state index contributed by atoms with van der Waals surface area (Å²) in [4.78, 5) is 0. The first-order valence-corrected chi connectivity index (χ1v) is 6.74. The van der Waals surface area contributed by atoms with Gasteiger partial charge in [-0.2, -0.15) is 0 Å². The van der Waals surface area contributed by atoms with Crippen LogP contribution in [-0.4, -0.2) is 0 Å². The molecule has 0 aliphatic rings. The summed E-state index contributed by atoms with van der Waals surface area (Å²) >= 11 is 0. The van der Waals surface area contributed by atoms with Crippen molar-refractivity contribution in [2.45, 2.75) is 33.1 Å². The Morgan fingerprint density at radius 3 is 2.26 bits per heavy atom. The van der Waals surface area contributed by atoms with Gasteiger partial charge in [-0.1, -0.05) is 26.0 Å². The fraction of sp³-hybridized carbons (Fsp3) is 0.294. The molecule has 2 heteroatoms. The molecule has 0 aliphatic heterocycles. The van der Waals surface area contributed by atoms with Crippen molar-refractivity contribution >= 4 is 5.69 Å². The Bertz CT molecular complexity index is 546. The summed E-state index contributed by atoms with van der Waals surface area (Å²) in [6.07, 6.45) is 1.15. The lowest BCUT2D eigenvalue weighted by Gasteiger charge is -2.11. The molecule has 100 valence electrons. The largest absolute Gasteiger partial charge is 0.457 e. The number of anilines is 1. The molecule has 1 atom stereocenters. The topological polar surface area (TPSA) is 35.2 Å². The second-order valence-electron chi connectivity index (χ2n) is 5.00. The third-order valence-corrected chi connectivity index (χ3v) is 3.54. The van der Waals surface area contributed by atoms with E-state index < -0.39 is 0 Å². The van der Waals surface area contributed by atoms with Gasteiger partial charge in [0.05, 0.1) is 0 Å². The molecule has 2 rings (SSSR count). The van der Waals surface area contributed by atoms with Gasteiger partial charge in [0.2, 0.25) is 0 Å². The molecule has 0 saturated carbocycles. The first kappa shape index (κ1) is 13.5. The molecule has 0 aliphatic carbocycles. The molecule has 0 saturated heterocycles.